The Balaban J connectivity index is 2.12. The maximum absolute atomic E-state index is 12.5. The molecular formula is C18H16N4O2. The minimum Gasteiger partial charge on any atom is -0.497 e. The fourth-order valence-electron chi connectivity index (χ4n) is 2.95. The van der Waals surface area contributed by atoms with Crippen molar-refractivity contribution in [3.05, 3.63) is 58.4 Å². The summed E-state index contributed by atoms with van der Waals surface area (Å²) in [5, 5.41) is 5.88. The van der Waals surface area contributed by atoms with Crippen LogP contribution in [-0.2, 0) is 0 Å². The number of para-hydroxylation sites is 1. The molecule has 3 N–H and O–H groups in total. The van der Waals surface area contributed by atoms with Crippen LogP contribution >= 0.6 is 0 Å². The van der Waals surface area contributed by atoms with Crippen LogP contribution in [0, 0.1) is 6.92 Å². The number of ether oxygens (including phenoxy) is 1. The standard InChI is InChI=1S/C18H16N4O2/c1-10-7-8-11(24-2)9-14(10)22-17(19)15-16(21-22)12-5-3-4-6-13(12)20-18(15)23/h3-9H,19H2,1-2H3,(H,20,23). The molecule has 2 heterocycles. The molecule has 0 saturated carbocycles. The van der Waals surface area contributed by atoms with Crippen molar-refractivity contribution in [2.75, 3.05) is 12.8 Å². The molecule has 24 heavy (non-hydrogen) atoms. The van der Waals surface area contributed by atoms with Crippen LogP contribution in [0.3, 0.4) is 0 Å². The van der Waals surface area contributed by atoms with Crippen molar-refractivity contribution in [3.8, 4) is 11.4 Å². The highest BCUT2D eigenvalue weighted by molar-refractivity contribution is 6.06. The molecule has 0 aliphatic carbocycles. The number of aryl methyl sites for hydroxylation is 1. The molecule has 0 amide bonds. The molecule has 0 bridgehead atoms. The second kappa shape index (κ2) is 5.13. The molecule has 0 aliphatic rings. The first-order valence-corrected chi connectivity index (χ1v) is 7.54. The van der Waals surface area contributed by atoms with Crippen molar-refractivity contribution in [2.45, 2.75) is 6.92 Å². The highest BCUT2D eigenvalue weighted by atomic mass is 16.5. The largest absolute Gasteiger partial charge is 0.497 e. The summed E-state index contributed by atoms with van der Waals surface area (Å²) >= 11 is 0. The Kier molecular flexibility index (Phi) is 3.06. The Morgan fingerprint density at radius 1 is 1.21 bits per heavy atom. The molecule has 0 spiro atoms. The van der Waals surface area contributed by atoms with E-state index in [0.717, 1.165) is 22.2 Å². The number of aromatic amines is 1. The van der Waals surface area contributed by atoms with Crippen molar-refractivity contribution < 1.29 is 4.74 Å². The Bertz CT molecular complexity index is 1140. The summed E-state index contributed by atoms with van der Waals surface area (Å²) in [6.07, 6.45) is 0. The molecule has 0 unspecified atom stereocenters. The van der Waals surface area contributed by atoms with Crippen molar-refractivity contribution in [3.63, 3.8) is 0 Å². The van der Waals surface area contributed by atoms with Crippen molar-refractivity contribution in [1.82, 2.24) is 14.8 Å². The fraction of sp³-hybridized carbons (Fsp3) is 0.111. The lowest BCUT2D eigenvalue weighted by molar-refractivity contribution is 0.414. The maximum Gasteiger partial charge on any atom is 0.261 e. The van der Waals surface area contributed by atoms with Gasteiger partial charge in [0, 0.05) is 11.5 Å². The molecule has 0 fully saturated rings. The molecule has 6 nitrogen and oxygen atoms in total. The van der Waals surface area contributed by atoms with Gasteiger partial charge in [0.1, 0.15) is 22.5 Å². The van der Waals surface area contributed by atoms with Gasteiger partial charge in [-0.2, -0.15) is 5.10 Å². The number of fused-ring (bicyclic) bond motifs is 3. The average Bonchev–Trinajstić information content (AvgIpc) is 2.94. The lowest BCUT2D eigenvalue weighted by Crippen LogP contribution is -2.08. The van der Waals surface area contributed by atoms with E-state index in [9.17, 15) is 4.79 Å². The summed E-state index contributed by atoms with van der Waals surface area (Å²) in [4.78, 5) is 15.3. The van der Waals surface area contributed by atoms with Crippen LogP contribution < -0.4 is 16.0 Å². The van der Waals surface area contributed by atoms with E-state index in [1.165, 1.54) is 0 Å². The smallest absolute Gasteiger partial charge is 0.261 e. The molecule has 0 radical (unpaired) electrons. The van der Waals surface area contributed by atoms with Gasteiger partial charge in [-0.05, 0) is 24.6 Å². The number of rotatable bonds is 2. The van der Waals surface area contributed by atoms with E-state index in [1.54, 1.807) is 11.8 Å². The summed E-state index contributed by atoms with van der Waals surface area (Å²) < 4.78 is 6.89. The van der Waals surface area contributed by atoms with Crippen molar-refractivity contribution >= 4 is 27.6 Å². The van der Waals surface area contributed by atoms with Gasteiger partial charge in [-0.25, -0.2) is 4.68 Å². The molecular weight excluding hydrogens is 304 g/mol. The van der Waals surface area contributed by atoms with E-state index in [-0.39, 0.29) is 5.56 Å². The predicted molar refractivity (Wildman–Crippen MR) is 94.9 cm³/mol. The first kappa shape index (κ1) is 14.3. The first-order valence-electron chi connectivity index (χ1n) is 7.54. The number of anilines is 1. The Labute approximate surface area is 137 Å². The molecule has 2 aromatic heterocycles. The van der Waals surface area contributed by atoms with E-state index >= 15 is 0 Å². The van der Waals surface area contributed by atoms with Gasteiger partial charge < -0.3 is 15.5 Å². The van der Waals surface area contributed by atoms with Crippen LogP contribution in [0.4, 0.5) is 5.82 Å². The number of pyridine rings is 1. The summed E-state index contributed by atoms with van der Waals surface area (Å²) in [5.41, 5.74) is 9.12. The minimum absolute atomic E-state index is 0.243. The molecule has 0 aliphatic heterocycles. The third-order valence-corrected chi connectivity index (χ3v) is 4.22. The quantitative estimate of drug-likeness (QED) is 0.594. The number of benzene rings is 2. The summed E-state index contributed by atoms with van der Waals surface area (Å²) in [7, 11) is 1.61. The Morgan fingerprint density at radius 3 is 2.79 bits per heavy atom. The molecule has 6 heteroatoms. The molecule has 120 valence electrons. The number of hydrogen-bond donors (Lipinski definition) is 2. The molecule has 0 atom stereocenters. The van der Waals surface area contributed by atoms with Gasteiger partial charge in [0.05, 0.1) is 18.3 Å². The highest BCUT2D eigenvalue weighted by Crippen LogP contribution is 2.29. The number of nitrogens with one attached hydrogen (secondary N) is 1. The SMILES string of the molecule is COc1ccc(C)c(-n2nc3c(c2N)c(=O)[nH]c2ccccc23)c1. The van der Waals surface area contributed by atoms with Gasteiger partial charge in [-0.3, -0.25) is 4.79 Å². The van der Waals surface area contributed by atoms with Crippen LogP contribution in [0.1, 0.15) is 5.56 Å². The number of H-pyrrole nitrogens is 1. The number of nitrogen functional groups attached to an aromatic ring is 1. The predicted octanol–water partition coefficient (Wildman–Crippen LogP) is 2.77. The Morgan fingerprint density at radius 2 is 2.00 bits per heavy atom. The van der Waals surface area contributed by atoms with Crippen LogP contribution in [0.2, 0.25) is 0 Å². The van der Waals surface area contributed by atoms with E-state index in [4.69, 9.17) is 10.5 Å². The molecule has 4 rings (SSSR count). The average molecular weight is 320 g/mol. The van der Waals surface area contributed by atoms with Crippen molar-refractivity contribution in [2.24, 2.45) is 0 Å². The van der Waals surface area contributed by atoms with Gasteiger partial charge >= 0.3 is 0 Å². The second-order valence-electron chi connectivity index (χ2n) is 5.67. The number of methoxy groups -OCH3 is 1. The second-order valence-corrected chi connectivity index (χ2v) is 5.67. The third kappa shape index (κ3) is 1.96. The van der Waals surface area contributed by atoms with Gasteiger partial charge in [0.2, 0.25) is 0 Å². The van der Waals surface area contributed by atoms with Gasteiger partial charge in [-0.1, -0.05) is 24.3 Å². The zero-order chi connectivity index (χ0) is 16.8. The summed E-state index contributed by atoms with van der Waals surface area (Å²) in [5.74, 6) is 1.02. The molecule has 4 aromatic rings. The lowest BCUT2D eigenvalue weighted by Gasteiger charge is -2.09. The van der Waals surface area contributed by atoms with Crippen LogP contribution in [0.25, 0.3) is 27.5 Å². The van der Waals surface area contributed by atoms with Gasteiger partial charge in [0.25, 0.3) is 5.56 Å². The molecule has 2 aromatic carbocycles. The van der Waals surface area contributed by atoms with E-state index < -0.39 is 0 Å². The van der Waals surface area contributed by atoms with E-state index in [2.05, 4.69) is 10.1 Å². The maximum atomic E-state index is 12.5. The Hall–Kier alpha value is -3.28. The van der Waals surface area contributed by atoms with Crippen molar-refractivity contribution in [1.29, 1.82) is 0 Å². The monoisotopic (exact) mass is 320 g/mol. The molecule has 0 saturated heterocycles. The van der Waals surface area contributed by atoms with Crippen LogP contribution in [0.5, 0.6) is 5.75 Å². The zero-order valence-corrected chi connectivity index (χ0v) is 13.3. The first-order chi connectivity index (χ1) is 11.6. The minimum atomic E-state index is -0.243. The summed E-state index contributed by atoms with van der Waals surface area (Å²) in [6.45, 7) is 1.96. The summed E-state index contributed by atoms with van der Waals surface area (Å²) in [6, 6.07) is 13.2. The highest BCUT2D eigenvalue weighted by Gasteiger charge is 2.17. The third-order valence-electron chi connectivity index (χ3n) is 4.22. The zero-order valence-electron chi connectivity index (χ0n) is 13.3. The normalized spacial score (nSPS) is 11.2. The van der Waals surface area contributed by atoms with E-state index in [1.807, 2.05) is 49.4 Å². The van der Waals surface area contributed by atoms with Gasteiger partial charge in [-0.15, -0.1) is 0 Å². The number of aromatic nitrogens is 3. The van der Waals surface area contributed by atoms with E-state index in [0.29, 0.717) is 22.5 Å². The van der Waals surface area contributed by atoms with Crippen LogP contribution in [-0.4, -0.2) is 21.9 Å². The topological polar surface area (TPSA) is 85.9 Å². The number of hydrogen-bond acceptors (Lipinski definition) is 4. The van der Waals surface area contributed by atoms with Gasteiger partial charge in [0.15, 0.2) is 0 Å². The van der Waals surface area contributed by atoms with Crippen LogP contribution in [0.15, 0.2) is 47.3 Å². The number of nitrogens with zero attached hydrogens (tertiary/aromatic N) is 2. The fourth-order valence-corrected chi connectivity index (χ4v) is 2.95. The number of nitrogens with two attached hydrogens (primary N) is 1. The lowest BCUT2D eigenvalue weighted by atomic mass is 10.1.